The number of ether oxygens (including phenoxy) is 2. The summed E-state index contributed by atoms with van der Waals surface area (Å²) in [4.78, 5) is 37.6. The minimum absolute atomic E-state index is 0.0312. The number of Topliss-reactive ketones (excluding diaryl/α,β-unsaturated/α-hetero) is 1. The average Bonchev–Trinajstić information content (AvgIpc) is 3.36. The van der Waals surface area contributed by atoms with Gasteiger partial charge in [0.1, 0.15) is 12.3 Å². The molecule has 2 aromatic heterocycles. The summed E-state index contributed by atoms with van der Waals surface area (Å²) in [6.45, 7) is 3.45. The zero-order valence-corrected chi connectivity index (χ0v) is 21.2. The Morgan fingerprint density at radius 1 is 1.19 bits per heavy atom. The van der Waals surface area contributed by atoms with Crippen LogP contribution in [0.4, 0.5) is 5.69 Å². The van der Waals surface area contributed by atoms with Crippen LogP contribution in [-0.4, -0.2) is 72.9 Å². The van der Waals surface area contributed by atoms with Gasteiger partial charge in [-0.25, -0.2) is 9.78 Å². The largest absolute Gasteiger partial charge is 0.460 e. The van der Waals surface area contributed by atoms with Crippen molar-refractivity contribution in [2.75, 3.05) is 46.7 Å². The van der Waals surface area contributed by atoms with E-state index < -0.39 is 11.8 Å². The zero-order chi connectivity index (χ0) is 25.8. The van der Waals surface area contributed by atoms with Gasteiger partial charge in [0, 0.05) is 42.1 Å². The van der Waals surface area contributed by atoms with Crippen molar-refractivity contribution in [3.63, 3.8) is 0 Å². The number of fused-ring (bicyclic) bond motifs is 1. The number of allylic oxidation sites excluding steroid dienone is 1. The maximum Gasteiger partial charge on any atom is 0.347 e. The van der Waals surface area contributed by atoms with Gasteiger partial charge in [-0.2, -0.15) is 0 Å². The van der Waals surface area contributed by atoms with E-state index in [1.807, 2.05) is 64.3 Å². The summed E-state index contributed by atoms with van der Waals surface area (Å²) >= 11 is 0. The van der Waals surface area contributed by atoms with Crippen molar-refractivity contribution in [2.45, 2.75) is 13.5 Å². The highest BCUT2D eigenvalue weighted by molar-refractivity contribution is 6.26. The molecule has 0 saturated carbocycles. The number of carbonyl (C=O) groups is 2. The summed E-state index contributed by atoms with van der Waals surface area (Å²) in [7, 11) is 7.78. The molecule has 0 radical (unpaired) electrons. The highest BCUT2D eigenvalue weighted by Gasteiger charge is 2.37. The lowest BCUT2D eigenvalue weighted by atomic mass is 10.1. The second-order valence-corrected chi connectivity index (χ2v) is 9.24. The lowest BCUT2D eigenvalue weighted by Gasteiger charge is -2.15. The fraction of sp³-hybridized carbons (Fsp3) is 0.296. The van der Waals surface area contributed by atoms with Crippen molar-refractivity contribution in [2.24, 2.45) is 0 Å². The van der Waals surface area contributed by atoms with Gasteiger partial charge in [0.05, 0.1) is 0 Å². The number of hydrogen-bond donors (Lipinski definition) is 2. The summed E-state index contributed by atoms with van der Waals surface area (Å²) in [5.74, 6) is -1.17. The molecule has 9 heteroatoms. The third-order valence-corrected chi connectivity index (χ3v) is 5.67. The maximum absolute atomic E-state index is 13.3. The van der Waals surface area contributed by atoms with Gasteiger partial charge >= 0.3 is 5.97 Å². The lowest BCUT2D eigenvalue weighted by Crippen LogP contribution is -2.23. The Morgan fingerprint density at radius 2 is 2.00 bits per heavy atom. The van der Waals surface area contributed by atoms with Crippen molar-refractivity contribution >= 4 is 34.5 Å². The van der Waals surface area contributed by atoms with Crippen LogP contribution < -0.4 is 5.32 Å². The third kappa shape index (κ3) is 5.64. The SMILES string of the molecule is Cc1cc(CN(C)C)ccc1NC1=C(C(=O)OCCN(C)C)C(=O)C(=Cc2c[nH]c3ncccc23)O1. The summed E-state index contributed by atoms with van der Waals surface area (Å²) in [6, 6.07) is 9.68. The van der Waals surface area contributed by atoms with Crippen LogP contribution in [0.25, 0.3) is 17.1 Å². The first-order valence-corrected chi connectivity index (χ1v) is 11.7. The maximum atomic E-state index is 13.3. The first-order chi connectivity index (χ1) is 17.2. The molecule has 1 aromatic carbocycles. The number of esters is 1. The van der Waals surface area contributed by atoms with Crippen LogP contribution in [0, 0.1) is 6.92 Å². The number of likely N-dealkylation sites (N-methyl/N-ethyl adjacent to an activating group) is 1. The third-order valence-electron chi connectivity index (χ3n) is 5.67. The number of rotatable bonds is 9. The molecular weight excluding hydrogens is 458 g/mol. The quantitative estimate of drug-likeness (QED) is 0.268. The van der Waals surface area contributed by atoms with E-state index in [1.165, 1.54) is 0 Å². The Balaban J connectivity index is 1.65. The highest BCUT2D eigenvalue weighted by atomic mass is 16.5. The van der Waals surface area contributed by atoms with Crippen molar-refractivity contribution in [3.8, 4) is 0 Å². The number of aryl methyl sites for hydroxylation is 1. The minimum atomic E-state index is -0.727. The molecule has 4 rings (SSSR count). The number of ketones is 1. The van der Waals surface area contributed by atoms with E-state index in [0.717, 1.165) is 34.3 Å². The standard InChI is InChI=1S/C27H31N5O4/c1-17-13-18(16-32(4)5)8-9-21(17)30-26-23(27(34)35-12-11-31(2)3)24(33)22(36-26)14-19-15-29-25-20(19)7-6-10-28-25/h6-10,13-15,30H,11-12,16H2,1-5H3,(H,28,29). The van der Waals surface area contributed by atoms with Crippen LogP contribution in [0.5, 0.6) is 0 Å². The molecule has 188 valence electrons. The van der Waals surface area contributed by atoms with Crippen LogP contribution >= 0.6 is 0 Å². The van der Waals surface area contributed by atoms with Gasteiger partial charge in [0.25, 0.3) is 0 Å². The molecule has 1 aliphatic rings. The molecule has 3 heterocycles. The number of hydrogen-bond acceptors (Lipinski definition) is 8. The topological polar surface area (TPSA) is 99.8 Å². The molecule has 36 heavy (non-hydrogen) atoms. The number of anilines is 1. The van der Waals surface area contributed by atoms with E-state index in [4.69, 9.17) is 9.47 Å². The van der Waals surface area contributed by atoms with Crippen molar-refractivity contribution in [1.29, 1.82) is 0 Å². The molecule has 3 aromatic rings. The van der Waals surface area contributed by atoms with Gasteiger partial charge in [0.15, 0.2) is 11.3 Å². The van der Waals surface area contributed by atoms with Crippen LogP contribution in [-0.2, 0) is 25.6 Å². The predicted octanol–water partition coefficient (Wildman–Crippen LogP) is 3.30. The van der Waals surface area contributed by atoms with Crippen molar-refractivity contribution in [3.05, 3.63) is 76.6 Å². The van der Waals surface area contributed by atoms with E-state index in [0.29, 0.717) is 12.2 Å². The monoisotopic (exact) mass is 489 g/mol. The van der Waals surface area contributed by atoms with E-state index in [2.05, 4.69) is 26.3 Å². The number of pyridine rings is 1. The van der Waals surface area contributed by atoms with Gasteiger partial charge < -0.3 is 29.6 Å². The minimum Gasteiger partial charge on any atom is -0.460 e. The zero-order valence-electron chi connectivity index (χ0n) is 21.2. The van der Waals surface area contributed by atoms with E-state index in [1.54, 1.807) is 18.5 Å². The van der Waals surface area contributed by atoms with E-state index in [9.17, 15) is 9.59 Å². The number of nitrogens with one attached hydrogen (secondary N) is 2. The number of benzene rings is 1. The highest BCUT2D eigenvalue weighted by Crippen LogP contribution is 2.31. The van der Waals surface area contributed by atoms with Crippen LogP contribution in [0.1, 0.15) is 16.7 Å². The van der Waals surface area contributed by atoms with Gasteiger partial charge in [-0.1, -0.05) is 12.1 Å². The molecule has 0 spiro atoms. The summed E-state index contributed by atoms with van der Waals surface area (Å²) in [5, 5.41) is 3.99. The molecular formula is C27H31N5O4. The normalized spacial score (nSPS) is 14.9. The molecule has 0 atom stereocenters. The Hall–Kier alpha value is -3.95. The Bertz CT molecular complexity index is 1350. The second-order valence-electron chi connectivity index (χ2n) is 9.24. The van der Waals surface area contributed by atoms with Crippen LogP contribution in [0.15, 0.2) is 59.9 Å². The number of H-pyrrole nitrogens is 1. The Kier molecular flexibility index (Phi) is 7.52. The van der Waals surface area contributed by atoms with Gasteiger partial charge in [-0.05, 0) is 70.5 Å². The van der Waals surface area contributed by atoms with Crippen molar-refractivity contribution in [1.82, 2.24) is 19.8 Å². The van der Waals surface area contributed by atoms with Crippen molar-refractivity contribution < 1.29 is 19.1 Å². The number of aromatic amines is 1. The first-order valence-electron chi connectivity index (χ1n) is 11.7. The van der Waals surface area contributed by atoms with Gasteiger partial charge in [-0.3, -0.25) is 4.79 Å². The molecule has 0 fully saturated rings. The number of aromatic nitrogens is 2. The molecule has 0 unspecified atom stereocenters. The smallest absolute Gasteiger partial charge is 0.347 e. The predicted molar refractivity (Wildman–Crippen MR) is 139 cm³/mol. The first kappa shape index (κ1) is 25.2. The molecule has 0 bridgehead atoms. The molecule has 0 aliphatic carbocycles. The number of carbonyl (C=O) groups excluding carboxylic acids is 2. The fourth-order valence-electron chi connectivity index (χ4n) is 3.88. The fourth-order valence-corrected chi connectivity index (χ4v) is 3.88. The molecule has 2 N–H and O–H groups in total. The number of nitrogens with zero attached hydrogens (tertiary/aromatic N) is 3. The lowest BCUT2D eigenvalue weighted by molar-refractivity contribution is -0.140. The van der Waals surface area contributed by atoms with E-state index >= 15 is 0 Å². The summed E-state index contributed by atoms with van der Waals surface area (Å²) < 4.78 is 11.3. The van der Waals surface area contributed by atoms with E-state index in [-0.39, 0.29) is 23.8 Å². The van der Waals surface area contributed by atoms with Gasteiger partial charge in [-0.15, -0.1) is 0 Å². The Labute approximate surface area is 210 Å². The Morgan fingerprint density at radius 3 is 2.72 bits per heavy atom. The average molecular weight is 490 g/mol. The molecule has 0 amide bonds. The second kappa shape index (κ2) is 10.8. The molecule has 0 saturated heterocycles. The summed E-state index contributed by atoms with van der Waals surface area (Å²) in [6.07, 6.45) is 5.04. The van der Waals surface area contributed by atoms with Gasteiger partial charge in [0.2, 0.25) is 11.7 Å². The summed E-state index contributed by atoms with van der Waals surface area (Å²) in [5.41, 5.74) is 4.10. The molecule has 9 nitrogen and oxygen atoms in total. The molecule has 1 aliphatic heterocycles. The van der Waals surface area contributed by atoms with Crippen LogP contribution in [0.3, 0.4) is 0 Å². The van der Waals surface area contributed by atoms with Crippen LogP contribution in [0.2, 0.25) is 0 Å².